The van der Waals surface area contributed by atoms with E-state index in [1.54, 1.807) is 6.20 Å². The minimum absolute atomic E-state index is 0.0362. The molecule has 2 aliphatic heterocycles. The van der Waals surface area contributed by atoms with Crippen LogP contribution in [0.3, 0.4) is 0 Å². The maximum atomic E-state index is 12.8. The summed E-state index contributed by atoms with van der Waals surface area (Å²) in [6.45, 7) is 4.33. The van der Waals surface area contributed by atoms with Gasteiger partial charge in [0.05, 0.1) is 23.8 Å². The Morgan fingerprint density at radius 1 is 1.12 bits per heavy atom. The summed E-state index contributed by atoms with van der Waals surface area (Å²) in [5.74, 6) is 0.983. The van der Waals surface area contributed by atoms with Gasteiger partial charge in [-0.25, -0.2) is 9.97 Å². The largest absolute Gasteiger partial charge is 0.417 e. The molecule has 0 unspecified atom stereocenters. The first-order valence-electron chi connectivity index (χ1n) is 10.8. The van der Waals surface area contributed by atoms with Crippen LogP contribution in [0.2, 0.25) is 5.02 Å². The van der Waals surface area contributed by atoms with Crippen molar-refractivity contribution in [2.75, 3.05) is 49.2 Å². The van der Waals surface area contributed by atoms with E-state index in [-0.39, 0.29) is 16.8 Å². The lowest BCUT2D eigenvalue weighted by Gasteiger charge is -2.32. The number of hydrogen-bond acceptors (Lipinski definition) is 6. The van der Waals surface area contributed by atoms with E-state index < -0.39 is 11.7 Å². The zero-order valence-corrected chi connectivity index (χ0v) is 18.7. The topological polar surface area (TPSA) is 70.6 Å². The van der Waals surface area contributed by atoms with Crippen molar-refractivity contribution >= 4 is 29.1 Å². The molecule has 7 nitrogen and oxygen atoms in total. The van der Waals surface area contributed by atoms with Crippen molar-refractivity contribution < 1.29 is 22.7 Å². The summed E-state index contributed by atoms with van der Waals surface area (Å²) in [6.07, 6.45) is -0.816. The third kappa shape index (κ3) is 5.86. The maximum absolute atomic E-state index is 12.8. The Bertz CT molecular complexity index is 977. The summed E-state index contributed by atoms with van der Waals surface area (Å²) in [4.78, 5) is 25.0. The van der Waals surface area contributed by atoms with Gasteiger partial charge in [0.2, 0.25) is 5.91 Å². The number of morpholine rings is 1. The molecule has 4 rings (SSSR count). The number of anilines is 2. The fraction of sp³-hybridized carbons (Fsp3) is 0.500. The summed E-state index contributed by atoms with van der Waals surface area (Å²) in [7, 11) is 0. The van der Waals surface area contributed by atoms with Crippen LogP contribution in [0.5, 0.6) is 0 Å². The third-order valence-electron chi connectivity index (χ3n) is 5.93. The quantitative estimate of drug-likeness (QED) is 0.701. The molecule has 2 fully saturated rings. The van der Waals surface area contributed by atoms with Crippen LogP contribution in [0.4, 0.5) is 24.8 Å². The first kappa shape index (κ1) is 23.6. The predicted molar refractivity (Wildman–Crippen MR) is 118 cm³/mol. The van der Waals surface area contributed by atoms with Gasteiger partial charge < -0.3 is 19.9 Å². The molecule has 0 saturated carbocycles. The number of rotatable bonds is 5. The molecule has 11 heteroatoms. The van der Waals surface area contributed by atoms with Crippen molar-refractivity contribution in [3.8, 4) is 0 Å². The molecule has 33 heavy (non-hydrogen) atoms. The number of amides is 1. The van der Waals surface area contributed by atoms with Crippen LogP contribution in [-0.4, -0.2) is 55.3 Å². The van der Waals surface area contributed by atoms with E-state index in [1.165, 1.54) is 0 Å². The Morgan fingerprint density at radius 3 is 2.52 bits per heavy atom. The van der Waals surface area contributed by atoms with E-state index in [4.69, 9.17) is 16.3 Å². The van der Waals surface area contributed by atoms with Crippen LogP contribution in [-0.2, 0) is 22.3 Å². The van der Waals surface area contributed by atoms with Gasteiger partial charge in [0.15, 0.2) is 0 Å². The van der Waals surface area contributed by atoms with Gasteiger partial charge >= 0.3 is 6.18 Å². The highest BCUT2D eigenvalue weighted by molar-refractivity contribution is 6.33. The molecule has 0 atom stereocenters. The van der Waals surface area contributed by atoms with Gasteiger partial charge in [-0.1, -0.05) is 11.6 Å². The number of nitrogens with one attached hydrogen (secondary N) is 1. The van der Waals surface area contributed by atoms with Crippen LogP contribution in [0.1, 0.15) is 24.0 Å². The zero-order valence-electron chi connectivity index (χ0n) is 17.9. The zero-order chi connectivity index (χ0) is 23.4. The lowest BCUT2D eigenvalue weighted by molar-refractivity contribution is -0.137. The molecular formula is C22H25ClF3N5O2. The first-order valence-corrected chi connectivity index (χ1v) is 11.2. The summed E-state index contributed by atoms with van der Waals surface area (Å²) in [5.41, 5.74) is 0.0939. The minimum atomic E-state index is -4.49. The Morgan fingerprint density at radius 2 is 1.85 bits per heavy atom. The highest BCUT2D eigenvalue weighted by Gasteiger charge is 2.33. The highest BCUT2D eigenvalue weighted by Crippen LogP contribution is 2.34. The highest BCUT2D eigenvalue weighted by atomic mass is 35.5. The Balaban J connectivity index is 1.29. The van der Waals surface area contributed by atoms with Crippen LogP contribution < -0.4 is 15.1 Å². The van der Waals surface area contributed by atoms with Crippen molar-refractivity contribution in [3.63, 3.8) is 0 Å². The molecule has 0 spiro atoms. The number of hydrogen-bond donors (Lipinski definition) is 1. The van der Waals surface area contributed by atoms with E-state index in [0.29, 0.717) is 51.5 Å². The lowest BCUT2D eigenvalue weighted by atomic mass is 9.95. The lowest BCUT2D eigenvalue weighted by Crippen LogP contribution is -2.41. The fourth-order valence-electron chi connectivity index (χ4n) is 4.04. The molecule has 2 aliphatic rings. The van der Waals surface area contributed by atoms with Crippen LogP contribution in [0, 0.1) is 5.92 Å². The average molecular weight is 484 g/mol. The Labute approximate surface area is 194 Å². The van der Waals surface area contributed by atoms with Gasteiger partial charge in [-0.3, -0.25) is 4.79 Å². The molecule has 4 heterocycles. The fourth-order valence-corrected chi connectivity index (χ4v) is 4.33. The summed E-state index contributed by atoms with van der Waals surface area (Å²) in [5, 5.41) is 2.95. The second-order valence-electron chi connectivity index (χ2n) is 8.13. The molecule has 0 bridgehead atoms. The average Bonchev–Trinajstić information content (AvgIpc) is 2.83. The molecule has 0 aliphatic carbocycles. The summed E-state index contributed by atoms with van der Waals surface area (Å²) in [6, 6.07) is 4.75. The van der Waals surface area contributed by atoms with Crippen molar-refractivity contribution in [1.82, 2.24) is 15.3 Å². The molecular weight excluding hydrogens is 459 g/mol. The third-order valence-corrected chi connectivity index (χ3v) is 6.20. The van der Waals surface area contributed by atoms with Crippen LogP contribution in [0.15, 0.2) is 30.6 Å². The van der Waals surface area contributed by atoms with E-state index in [2.05, 4.69) is 20.2 Å². The number of ether oxygens (including phenoxy) is 1. The van der Waals surface area contributed by atoms with Crippen LogP contribution >= 0.6 is 11.6 Å². The van der Waals surface area contributed by atoms with E-state index >= 15 is 0 Å². The van der Waals surface area contributed by atoms with Crippen molar-refractivity contribution in [1.29, 1.82) is 0 Å². The predicted octanol–water partition coefficient (Wildman–Crippen LogP) is 3.52. The number of carbonyl (C=O) groups is 1. The monoisotopic (exact) mass is 483 g/mol. The van der Waals surface area contributed by atoms with E-state index in [0.717, 1.165) is 36.7 Å². The van der Waals surface area contributed by atoms with Crippen molar-refractivity contribution in [2.45, 2.75) is 25.6 Å². The molecule has 178 valence electrons. The number of pyridine rings is 2. The summed E-state index contributed by atoms with van der Waals surface area (Å²) >= 11 is 6.06. The molecule has 2 aromatic rings. The number of nitrogens with zero attached hydrogens (tertiary/aromatic N) is 4. The molecule has 0 aromatic carbocycles. The number of carbonyl (C=O) groups excluding carboxylic acids is 1. The normalized spacial score (nSPS) is 17.8. The smallest absolute Gasteiger partial charge is 0.378 e. The Kier molecular flexibility index (Phi) is 7.23. The van der Waals surface area contributed by atoms with Gasteiger partial charge in [-0.2, -0.15) is 13.2 Å². The second-order valence-corrected chi connectivity index (χ2v) is 8.54. The van der Waals surface area contributed by atoms with Gasteiger partial charge in [-0.05, 0) is 36.6 Å². The number of halogens is 4. The number of alkyl halides is 3. The molecule has 1 N–H and O–H groups in total. The number of piperidine rings is 1. The molecule has 2 saturated heterocycles. The van der Waals surface area contributed by atoms with Gasteiger partial charge in [0.1, 0.15) is 11.6 Å². The van der Waals surface area contributed by atoms with E-state index in [1.807, 2.05) is 17.0 Å². The SMILES string of the molecule is O=C(NCc1ccnc(N2CCOCC2)c1)C1CCN(c2ncc(C(F)(F)F)cc2Cl)CC1. The maximum Gasteiger partial charge on any atom is 0.417 e. The second kappa shape index (κ2) is 10.1. The Hall–Kier alpha value is -2.59. The number of aromatic nitrogens is 2. The van der Waals surface area contributed by atoms with Crippen molar-refractivity contribution in [2.24, 2.45) is 5.92 Å². The molecule has 2 aromatic heterocycles. The van der Waals surface area contributed by atoms with Gasteiger partial charge in [-0.15, -0.1) is 0 Å². The van der Waals surface area contributed by atoms with Gasteiger partial charge in [0, 0.05) is 51.0 Å². The van der Waals surface area contributed by atoms with Crippen LogP contribution in [0.25, 0.3) is 0 Å². The van der Waals surface area contributed by atoms with E-state index in [9.17, 15) is 18.0 Å². The standard InChI is InChI=1S/C22H25ClF3N5O2/c23-18-12-17(22(24,25)26)14-28-20(18)31-5-2-16(3-6-31)21(32)29-13-15-1-4-27-19(11-15)30-7-9-33-10-8-30/h1,4,11-12,14,16H,2-3,5-10,13H2,(H,29,32). The molecule has 0 radical (unpaired) electrons. The molecule has 1 amide bonds. The summed E-state index contributed by atoms with van der Waals surface area (Å²) < 4.78 is 43.9. The van der Waals surface area contributed by atoms with Crippen molar-refractivity contribution in [3.05, 3.63) is 46.7 Å². The first-order chi connectivity index (χ1) is 15.8. The van der Waals surface area contributed by atoms with Gasteiger partial charge in [0.25, 0.3) is 0 Å². The minimum Gasteiger partial charge on any atom is -0.378 e.